The fourth-order valence-corrected chi connectivity index (χ4v) is 3.65. The lowest BCUT2D eigenvalue weighted by atomic mass is 9.91. The highest BCUT2D eigenvalue weighted by molar-refractivity contribution is 6.31. The van der Waals surface area contributed by atoms with E-state index in [1.54, 1.807) is 0 Å². The van der Waals surface area contributed by atoms with Gasteiger partial charge < -0.3 is 19.5 Å². The molecule has 4 rings (SSSR count). The summed E-state index contributed by atoms with van der Waals surface area (Å²) in [4.78, 5) is 27.8. The monoisotopic (exact) mass is 372 g/mol. The molecule has 0 spiro atoms. The molecule has 2 N–H and O–H groups in total. The Morgan fingerprint density at radius 3 is 3.00 bits per heavy atom. The van der Waals surface area contributed by atoms with Crippen molar-refractivity contribution < 1.29 is 13.9 Å². The number of rotatable bonds is 3. The van der Waals surface area contributed by atoms with Crippen LogP contribution in [-0.4, -0.2) is 18.0 Å². The molecule has 0 saturated carbocycles. The zero-order valence-electron chi connectivity index (χ0n) is 14.1. The molecular weight excluding hydrogens is 356 g/mol. The number of hydrogen-bond donors (Lipinski definition) is 2. The third-order valence-corrected chi connectivity index (χ3v) is 4.95. The van der Waals surface area contributed by atoms with Crippen molar-refractivity contribution >= 4 is 28.4 Å². The molecule has 0 aliphatic heterocycles. The quantitative estimate of drug-likeness (QED) is 0.735. The van der Waals surface area contributed by atoms with E-state index in [-0.39, 0.29) is 17.6 Å². The SMILES string of the molecule is COc1coc(C(=O)N[C@@H]2CCCc3c2[nH]c2ccc(Cl)cc32)cc1=O. The topological polar surface area (TPSA) is 84.3 Å². The van der Waals surface area contributed by atoms with Gasteiger partial charge in [0.15, 0.2) is 5.76 Å². The van der Waals surface area contributed by atoms with Crippen molar-refractivity contribution in [3.8, 4) is 5.75 Å². The summed E-state index contributed by atoms with van der Waals surface area (Å²) in [6.07, 6.45) is 3.83. The normalized spacial score (nSPS) is 16.3. The Labute approximate surface area is 154 Å². The van der Waals surface area contributed by atoms with Gasteiger partial charge in [-0.2, -0.15) is 0 Å². The van der Waals surface area contributed by atoms with E-state index in [1.807, 2.05) is 18.2 Å². The van der Waals surface area contributed by atoms with Crippen LogP contribution in [0.3, 0.4) is 0 Å². The third kappa shape index (κ3) is 2.86. The fraction of sp³-hybridized carbons (Fsp3) is 0.263. The lowest BCUT2D eigenvalue weighted by molar-refractivity contribution is 0.0900. The lowest BCUT2D eigenvalue weighted by Gasteiger charge is -2.23. The predicted octanol–water partition coefficient (Wildman–Crippen LogP) is 3.59. The molecule has 0 fully saturated rings. The van der Waals surface area contributed by atoms with Crippen LogP contribution in [0.1, 0.15) is 40.7 Å². The first-order valence-corrected chi connectivity index (χ1v) is 8.72. The van der Waals surface area contributed by atoms with Crippen LogP contribution in [-0.2, 0) is 6.42 Å². The molecule has 7 heteroatoms. The summed E-state index contributed by atoms with van der Waals surface area (Å²) >= 11 is 6.12. The second-order valence-corrected chi connectivity index (χ2v) is 6.74. The molecule has 1 atom stereocenters. The third-order valence-electron chi connectivity index (χ3n) is 4.72. The lowest BCUT2D eigenvalue weighted by Crippen LogP contribution is -2.31. The summed E-state index contributed by atoms with van der Waals surface area (Å²) < 4.78 is 10.1. The average Bonchev–Trinajstić information content (AvgIpc) is 3.00. The van der Waals surface area contributed by atoms with Crippen molar-refractivity contribution in [3.63, 3.8) is 0 Å². The van der Waals surface area contributed by atoms with Crippen LogP contribution >= 0.6 is 11.6 Å². The number of nitrogens with one attached hydrogen (secondary N) is 2. The number of hydrogen-bond acceptors (Lipinski definition) is 4. The van der Waals surface area contributed by atoms with Gasteiger partial charge in [-0.3, -0.25) is 9.59 Å². The van der Waals surface area contributed by atoms with E-state index >= 15 is 0 Å². The van der Waals surface area contributed by atoms with Crippen LogP contribution in [0.5, 0.6) is 5.75 Å². The van der Waals surface area contributed by atoms with Crippen LogP contribution in [0.2, 0.25) is 5.02 Å². The van der Waals surface area contributed by atoms with Gasteiger partial charge in [-0.25, -0.2) is 0 Å². The molecule has 0 bridgehead atoms. The first kappa shape index (κ1) is 16.7. The van der Waals surface area contributed by atoms with Gasteiger partial charge in [0.2, 0.25) is 11.2 Å². The second kappa shape index (κ2) is 6.53. The number of ether oxygens (including phenoxy) is 1. The summed E-state index contributed by atoms with van der Waals surface area (Å²) in [5, 5.41) is 4.73. The molecule has 2 aromatic heterocycles. The summed E-state index contributed by atoms with van der Waals surface area (Å²) in [7, 11) is 1.37. The van der Waals surface area contributed by atoms with Crippen LogP contribution < -0.4 is 15.5 Å². The highest BCUT2D eigenvalue weighted by Gasteiger charge is 2.26. The Morgan fingerprint density at radius 1 is 1.38 bits per heavy atom. The van der Waals surface area contributed by atoms with Crippen LogP contribution in [0.4, 0.5) is 0 Å². The van der Waals surface area contributed by atoms with Crippen LogP contribution in [0.25, 0.3) is 10.9 Å². The summed E-state index contributed by atoms with van der Waals surface area (Å²) in [5.41, 5.74) is 2.76. The van der Waals surface area contributed by atoms with Crippen molar-refractivity contribution in [3.05, 3.63) is 62.8 Å². The van der Waals surface area contributed by atoms with Crippen LogP contribution in [0, 0.1) is 0 Å². The maximum Gasteiger partial charge on any atom is 0.287 e. The van der Waals surface area contributed by atoms with E-state index in [0.29, 0.717) is 5.02 Å². The Hall–Kier alpha value is -2.73. The van der Waals surface area contributed by atoms with Gasteiger partial charge >= 0.3 is 0 Å². The smallest absolute Gasteiger partial charge is 0.287 e. The Bertz CT molecular complexity index is 1050. The predicted molar refractivity (Wildman–Crippen MR) is 98.0 cm³/mol. The number of aryl methyl sites for hydroxylation is 1. The maximum absolute atomic E-state index is 12.5. The number of H-pyrrole nitrogens is 1. The minimum absolute atomic E-state index is 0.0397. The van der Waals surface area contributed by atoms with Crippen molar-refractivity contribution in [2.45, 2.75) is 25.3 Å². The first-order chi connectivity index (χ1) is 12.6. The molecule has 3 aromatic rings. The summed E-state index contributed by atoms with van der Waals surface area (Å²) in [5.74, 6) is -0.407. The van der Waals surface area contributed by atoms with Gasteiger partial charge in [-0.15, -0.1) is 0 Å². The highest BCUT2D eigenvalue weighted by atomic mass is 35.5. The fourth-order valence-electron chi connectivity index (χ4n) is 3.48. The molecule has 2 heterocycles. The van der Waals surface area contributed by atoms with E-state index in [4.69, 9.17) is 20.8 Å². The number of halogens is 1. The van der Waals surface area contributed by atoms with Gasteiger partial charge in [0.1, 0.15) is 6.26 Å². The van der Waals surface area contributed by atoms with Gasteiger partial charge in [0.05, 0.1) is 13.2 Å². The van der Waals surface area contributed by atoms with Gasteiger partial charge in [-0.1, -0.05) is 11.6 Å². The Kier molecular flexibility index (Phi) is 4.20. The molecule has 0 saturated heterocycles. The van der Waals surface area contributed by atoms with Crippen molar-refractivity contribution in [2.24, 2.45) is 0 Å². The summed E-state index contributed by atoms with van der Waals surface area (Å²) in [6.45, 7) is 0. The average molecular weight is 373 g/mol. The Morgan fingerprint density at radius 2 is 2.23 bits per heavy atom. The Balaban J connectivity index is 1.64. The number of fused-ring (bicyclic) bond motifs is 3. The standard InChI is InChI=1S/C19H17ClN2O4/c1-25-17-9-26-16(8-15(17)23)19(24)22-14-4-2-3-11-12-7-10(20)5-6-13(12)21-18(11)14/h5-9,14,21H,2-4H2,1H3,(H,22,24)/t14-/m1/s1. The van der Waals surface area contributed by atoms with Crippen LogP contribution in [0.15, 0.2) is 39.7 Å². The zero-order valence-corrected chi connectivity index (χ0v) is 14.9. The van der Waals surface area contributed by atoms with Crippen molar-refractivity contribution in [2.75, 3.05) is 7.11 Å². The number of amides is 1. The van der Waals surface area contributed by atoms with Gasteiger partial charge in [0, 0.05) is 27.7 Å². The van der Waals surface area contributed by atoms with E-state index in [9.17, 15) is 9.59 Å². The molecule has 1 aromatic carbocycles. The first-order valence-electron chi connectivity index (χ1n) is 8.34. The number of benzene rings is 1. The molecule has 0 unspecified atom stereocenters. The molecule has 1 amide bonds. The van der Waals surface area contributed by atoms with E-state index in [1.165, 1.54) is 12.7 Å². The minimum Gasteiger partial charge on any atom is -0.490 e. The van der Waals surface area contributed by atoms with E-state index in [0.717, 1.165) is 48.2 Å². The highest BCUT2D eigenvalue weighted by Crippen LogP contribution is 2.35. The van der Waals surface area contributed by atoms with Crippen molar-refractivity contribution in [1.82, 2.24) is 10.3 Å². The molecule has 1 aliphatic carbocycles. The van der Waals surface area contributed by atoms with Crippen molar-refractivity contribution in [1.29, 1.82) is 0 Å². The molecule has 6 nitrogen and oxygen atoms in total. The van der Waals surface area contributed by atoms with Gasteiger partial charge in [0.25, 0.3) is 5.91 Å². The number of aromatic amines is 1. The second-order valence-electron chi connectivity index (χ2n) is 6.30. The number of carbonyl (C=O) groups is 1. The molecule has 1 aliphatic rings. The zero-order chi connectivity index (χ0) is 18.3. The summed E-state index contributed by atoms with van der Waals surface area (Å²) in [6, 6.07) is 6.69. The largest absolute Gasteiger partial charge is 0.490 e. The number of methoxy groups -OCH3 is 1. The van der Waals surface area contributed by atoms with E-state index in [2.05, 4.69) is 10.3 Å². The molecule has 0 radical (unpaired) electrons. The number of aromatic nitrogens is 1. The van der Waals surface area contributed by atoms with E-state index < -0.39 is 11.3 Å². The molecular formula is C19H17ClN2O4. The minimum atomic E-state index is -0.431. The van der Waals surface area contributed by atoms with Gasteiger partial charge in [-0.05, 0) is 43.0 Å². The molecule has 26 heavy (non-hydrogen) atoms. The maximum atomic E-state index is 12.5. The molecule has 134 valence electrons. The number of carbonyl (C=O) groups excluding carboxylic acids is 1.